The number of aliphatic hydroxyl groups is 1. The van der Waals surface area contributed by atoms with Crippen LogP contribution in [0.25, 0.3) is 0 Å². The van der Waals surface area contributed by atoms with Crippen molar-refractivity contribution in [2.24, 2.45) is 0 Å². The second-order valence-corrected chi connectivity index (χ2v) is 14.3. The van der Waals surface area contributed by atoms with E-state index in [2.05, 4.69) is 13.5 Å². The zero-order valence-corrected chi connectivity index (χ0v) is 36.0. The van der Waals surface area contributed by atoms with E-state index in [0.717, 1.165) is 70.6 Å². The molecule has 11 nitrogen and oxygen atoms in total. The van der Waals surface area contributed by atoms with Crippen LogP contribution in [0.3, 0.4) is 0 Å². The van der Waals surface area contributed by atoms with E-state index in [1.165, 1.54) is 44.6 Å². The van der Waals surface area contributed by atoms with Gasteiger partial charge in [-0.1, -0.05) is 90.6 Å². The molecule has 0 aliphatic carbocycles. The molecule has 0 heterocycles. The molecule has 0 radical (unpaired) electrons. The third-order valence-corrected chi connectivity index (χ3v) is 9.25. The normalized spacial score (nSPS) is 10.4. The lowest BCUT2D eigenvalue weighted by molar-refractivity contribution is -0.144. The van der Waals surface area contributed by atoms with Crippen molar-refractivity contribution in [3.63, 3.8) is 0 Å². The molecule has 3 aromatic carbocycles. The minimum Gasteiger partial charge on any atom is -0.494 e. The maximum atomic E-state index is 12.6. The van der Waals surface area contributed by atoms with Crippen LogP contribution in [0.15, 0.2) is 85.5 Å². The van der Waals surface area contributed by atoms with Crippen LogP contribution in [0.4, 0.5) is 0 Å². The van der Waals surface area contributed by atoms with Gasteiger partial charge in [0.25, 0.3) is 0 Å². The van der Waals surface area contributed by atoms with Crippen molar-refractivity contribution in [1.29, 1.82) is 0 Å². The molecular formula is C49H68O11. The Morgan fingerprint density at radius 1 is 0.500 bits per heavy atom. The van der Waals surface area contributed by atoms with Gasteiger partial charge in [-0.25, -0.2) is 14.4 Å². The molecule has 330 valence electrons. The first-order chi connectivity index (χ1) is 29.3. The quantitative estimate of drug-likeness (QED) is 0.0286. The van der Waals surface area contributed by atoms with Crippen LogP contribution >= 0.6 is 0 Å². The number of ether oxygens (including phenoxy) is 6. The van der Waals surface area contributed by atoms with Gasteiger partial charge in [-0.3, -0.25) is 4.79 Å². The molecule has 3 rings (SSSR count). The van der Waals surface area contributed by atoms with Gasteiger partial charge in [-0.15, -0.1) is 0 Å². The summed E-state index contributed by atoms with van der Waals surface area (Å²) in [5, 5.41) is 8.58. The van der Waals surface area contributed by atoms with E-state index in [4.69, 9.17) is 33.5 Å². The molecule has 0 bridgehead atoms. The van der Waals surface area contributed by atoms with E-state index in [1.54, 1.807) is 72.8 Å². The van der Waals surface area contributed by atoms with Crippen LogP contribution in [-0.2, 0) is 19.1 Å². The Hall–Kier alpha value is -5.16. The lowest BCUT2D eigenvalue weighted by atomic mass is 10.1. The summed E-state index contributed by atoms with van der Waals surface area (Å²) < 4.78 is 32.1. The third kappa shape index (κ3) is 24.7. The highest BCUT2D eigenvalue weighted by molar-refractivity contribution is 5.92. The predicted octanol–water partition coefficient (Wildman–Crippen LogP) is 11.2. The first-order valence-corrected chi connectivity index (χ1v) is 21.8. The highest BCUT2D eigenvalue weighted by Gasteiger charge is 2.12. The van der Waals surface area contributed by atoms with Gasteiger partial charge in [0, 0.05) is 19.1 Å². The summed E-state index contributed by atoms with van der Waals surface area (Å²) in [6.45, 7) is 9.89. The standard InChI is InChI=1S/C35H40O8.C14H28O3/c1-3-33(36)41-26-12-10-8-6-5-7-9-11-25-40-30-19-15-28(16-20-30)35(38)43-32-23-21-31(22-24-32)42-34(37)27-13-17-29(18-14-27)39-4-2;1-2-3-4-5-6-10-13-17-14(16)11-8-7-9-12-15/h3,13-24H,1,4-12,25-26H2,2H3;15H,2-13H2,1H3. The number of carbonyl (C=O) groups excluding carboxylic acids is 4. The molecular weight excluding hydrogens is 765 g/mol. The number of hydrogen-bond acceptors (Lipinski definition) is 11. The second kappa shape index (κ2) is 33.6. The maximum Gasteiger partial charge on any atom is 0.343 e. The van der Waals surface area contributed by atoms with Crippen molar-refractivity contribution in [3.8, 4) is 23.0 Å². The third-order valence-electron chi connectivity index (χ3n) is 9.25. The van der Waals surface area contributed by atoms with Gasteiger partial charge in [-0.05, 0) is 112 Å². The molecule has 0 unspecified atom stereocenters. The zero-order valence-electron chi connectivity index (χ0n) is 36.0. The van der Waals surface area contributed by atoms with E-state index >= 15 is 0 Å². The SMILES string of the molecule is C=CC(=O)OCCCCCCCCCCOc1ccc(C(=O)Oc2ccc(OC(=O)c3ccc(OCC)cc3)cc2)cc1.CCCCCCCCOC(=O)CCCCCO. The molecule has 0 fully saturated rings. The molecule has 0 saturated carbocycles. The molecule has 0 spiro atoms. The van der Waals surface area contributed by atoms with Crippen LogP contribution in [-0.4, -0.2) is 62.0 Å². The molecule has 11 heteroatoms. The number of carbonyl (C=O) groups is 4. The van der Waals surface area contributed by atoms with E-state index in [1.807, 2.05) is 6.92 Å². The van der Waals surface area contributed by atoms with Crippen LogP contribution in [0.5, 0.6) is 23.0 Å². The smallest absolute Gasteiger partial charge is 0.343 e. The van der Waals surface area contributed by atoms with E-state index in [9.17, 15) is 19.2 Å². The van der Waals surface area contributed by atoms with Gasteiger partial charge >= 0.3 is 23.9 Å². The van der Waals surface area contributed by atoms with Crippen LogP contribution in [0.2, 0.25) is 0 Å². The number of unbranched alkanes of at least 4 members (excludes halogenated alkanes) is 14. The van der Waals surface area contributed by atoms with Crippen LogP contribution in [0, 0.1) is 0 Å². The molecule has 0 aliphatic rings. The summed E-state index contributed by atoms with van der Waals surface area (Å²) in [5.74, 6) is 0.613. The minimum absolute atomic E-state index is 0.0866. The lowest BCUT2D eigenvalue weighted by Crippen LogP contribution is -2.09. The maximum absolute atomic E-state index is 12.6. The highest BCUT2D eigenvalue weighted by atomic mass is 16.5. The summed E-state index contributed by atoms with van der Waals surface area (Å²) in [4.78, 5) is 47.2. The Kier molecular flexibility index (Phi) is 28.6. The number of benzene rings is 3. The molecule has 0 amide bonds. The largest absolute Gasteiger partial charge is 0.494 e. The number of rotatable bonds is 31. The fourth-order valence-corrected chi connectivity index (χ4v) is 5.83. The molecule has 0 aliphatic heterocycles. The molecule has 0 atom stereocenters. The topological polar surface area (TPSA) is 144 Å². The van der Waals surface area contributed by atoms with Crippen molar-refractivity contribution in [2.75, 3.05) is 33.0 Å². The van der Waals surface area contributed by atoms with E-state index < -0.39 is 11.9 Å². The Morgan fingerprint density at radius 2 is 0.917 bits per heavy atom. The fraction of sp³-hybridized carbons (Fsp3) is 0.510. The van der Waals surface area contributed by atoms with Gasteiger partial charge in [0.2, 0.25) is 0 Å². The van der Waals surface area contributed by atoms with Crippen molar-refractivity contribution < 1.29 is 52.7 Å². The molecule has 0 aromatic heterocycles. The first-order valence-electron chi connectivity index (χ1n) is 21.8. The number of esters is 4. The Balaban J connectivity index is 0.000000614. The monoisotopic (exact) mass is 832 g/mol. The van der Waals surface area contributed by atoms with Crippen molar-refractivity contribution >= 4 is 23.9 Å². The second-order valence-electron chi connectivity index (χ2n) is 14.3. The predicted molar refractivity (Wildman–Crippen MR) is 234 cm³/mol. The molecule has 0 saturated heterocycles. The van der Waals surface area contributed by atoms with Gasteiger partial charge in [0.05, 0.1) is 37.6 Å². The summed E-state index contributed by atoms with van der Waals surface area (Å²) in [5.41, 5.74) is 0.800. The number of hydrogen-bond donors (Lipinski definition) is 1. The Bertz CT molecular complexity index is 1600. The molecule has 3 aromatic rings. The molecule has 1 N–H and O–H groups in total. The van der Waals surface area contributed by atoms with Gasteiger partial charge in [0.15, 0.2) is 0 Å². The van der Waals surface area contributed by atoms with Crippen molar-refractivity contribution in [1.82, 2.24) is 0 Å². The van der Waals surface area contributed by atoms with Crippen LogP contribution < -0.4 is 18.9 Å². The highest BCUT2D eigenvalue weighted by Crippen LogP contribution is 2.22. The van der Waals surface area contributed by atoms with Gasteiger partial charge in [0.1, 0.15) is 23.0 Å². The van der Waals surface area contributed by atoms with Crippen molar-refractivity contribution in [3.05, 3.63) is 96.6 Å². The average molecular weight is 833 g/mol. The van der Waals surface area contributed by atoms with Gasteiger partial charge in [-0.2, -0.15) is 0 Å². The number of aliphatic hydroxyl groups excluding tert-OH is 1. The van der Waals surface area contributed by atoms with Crippen molar-refractivity contribution in [2.45, 2.75) is 129 Å². The van der Waals surface area contributed by atoms with Gasteiger partial charge < -0.3 is 33.5 Å². The summed E-state index contributed by atoms with van der Waals surface area (Å²) in [6.07, 6.45) is 20.2. The Morgan fingerprint density at radius 3 is 1.38 bits per heavy atom. The van der Waals surface area contributed by atoms with E-state index in [-0.39, 0.29) is 18.5 Å². The lowest BCUT2D eigenvalue weighted by Gasteiger charge is -2.09. The Labute approximate surface area is 357 Å². The van der Waals surface area contributed by atoms with E-state index in [0.29, 0.717) is 67.0 Å². The molecule has 60 heavy (non-hydrogen) atoms. The summed E-state index contributed by atoms with van der Waals surface area (Å²) in [6, 6.07) is 19.8. The summed E-state index contributed by atoms with van der Waals surface area (Å²) in [7, 11) is 0. The fourth-order valence-electron chi connectivity index (χ4n) is 5.83. The first kappa shape index (κ1) is 51.0. The minimum atomic E-state index is -0.497. The van der Waals surface area contributed by atoms with Crippen LogP contribution in [0.1, 0.15) is 150 Å². The average Bonchev–Trinajstić information content (AvgIpc) is 3.26. The zero-order chi connectivity index (χ0) is 43.5. The summed E-state index contributed by atoms with van der Waals surface area (Å²) >= 11 is 0.